The van der Waals surface area contributed by atoms with E-state index in [9.17, 15) is 4.79 Å². The molecule has 0 saturated carbocycles. The topological polar surface area (TPSA) is 78.9 Å². The van der Waals surface area contributed by atoms with Gasteiger partial charge >= 0.3 is 0 Å². The summed E-state index contributed by atoms with van der Waals surface area (Å²) in [6, 6.07) is 7.33. The van der Waals surface area contributed by atoms with Crippen molar-refractivity contribution in [3.8, 4) is 0 Å². The van der Waals surface area contributed by atoms with Crippen molar-refractivity contribution in [1.82, 2.24) is 4.90 Å². The Kier molecular flexibility index (Phi) is 4.84. The van der Waals surface area contributed by atoms with Gasteiger partial charge in [0.1, 0.15) is 5.84 Å². The van der Waals surface area contributed by atoms with Gasteiger partial charge in [-0.05, 0) is 24.5 Å². The second-order valence-corrected chi connectivity index (χ2v) is 5.38. The molecule has 2 rings (SSSR count). The summed E-state index contributed by atoms with van der Waals surface area (Å²) >= 11 is 6.07. The minimum absolute atomic E-state index is 0.0218. The molecule has 1 heterocycles. The van der Waals surface area contributed by atoms with Crippen molar-refractivity contribution in [3.63, 3.8) is 0 Å². The van der Waals surface area contributed by atoms with Gasteiger partial charge < -0.3 is 15.8 Å². The van der Waals surface area contributed by atoms with Crippen LogP contribution >= 0.6 is 11.6 Å². The van der Waals surface area contributed by atoms with Gasteiger partial charge in [-0.1, -0.05) is 35.0 Å². The van der Waals surface area contributed by atoms with Crippen LogP contribution in [0.25, 0.3) is 0 Å². The number of nitrogens with zero attached hydrogens (tertiary/aromatic N) is 2. The van der Waals surface area contributed by atoms with Gasteiger partial charge in [0.25, 0.3) is 0 Å². The number of carbonyl (C=O) groups excluding carboxylic acids is 1. The molecule has 0 radical (unpaired) electrons. The third kappa shape index (κ3) is 3.42. The molecule has 1 aromatic carbocycles. The molecule has 0 spiro atoms. The first-order chi connectivity index (χ1) is 9.61. The van der Waals surface area contributed by atoms with E-state index in [2.05, 4.69) is 5.16 Å². The SMILES string of the molecule is NC(=NO)C1CCCN(C(=O)Cc2ccccc2Cl)C1. The Morgan fingerprint density at radius 3 is 2.95 bits per heavy atom. The number of hydrogen-bond donors (Lipinski definition) is 2. The van der Waals surface area contributed by atoms with Gasteiger partial charge in [0.15, 0.2) is 0 Å². The summed E-state index contributed by atoms with van der Waals surface area (Å²) in [4.78, 5) is 14.1. The van der Waals surface area contributed by atoms with Gasteiger partial charge in [-0.25, -0.2) is 0 Å². The molecule has 1 fully saturated rings. The van der Waals surface area contributed by atoms with Gasteiger partial charge in [-0.15, -0.1) is 0 Å². The minimum atomic E-state index is -0.0658. The zero-order valence-corrected chi connectivity index (χ0v) is 11.9. The fourth-order valence-electron chi connectivity index (χ4n) is 2.44. The third-order valence-electron chi connectivity index (χ3n) is 3.61. The molecule has 108 valence electrons. The molecule has 1 saturated heterocycles. The van der Waals surface area contributed by atoms with Gasteiger partial charge in [-0.2, -0.15) is 0 Å². The van der Waals surface area contributed by atoms with E-state index < -0.39 is 0 Å². The molecular weight excluding hydrogens is 278 g/mol. The maximum atomic E-state index is 12.3. The monoisotopic (exact) mass is 295 g/mol. The third-order valence-corrected chi connectivity index (χ3v) is 3.98. The second kappa shape index (κ2) is 6.61. The van der Waals surface area contributed by atoms with Crippen LogP contribution in [0.5, 0.6) is 0 Å². The van der Waals surface area contributed by atoms with Crippen LogP contribution in [0.3, 0.4) is 0 Å². The molecule has 1 aliphatic rings. The van der Waals surface area contributed by atoms with Crippen molar-refractivity contribution < 1.29 is 10.0 Å². The normalized spacial score (nSPS) is 19.9. The van der Waals surface area contributed by atoms with E-state index in [0.717, 1.165) is 18.4 Å². The Bertz CT molecular complexity index is 519. The molecule has 1 atom stereocenters. The number of carbonyl (C=O) groups is 1. The number of benzene rings is 1. The molecule has 0 aliphatic carbocycles. The Morgan fingerprint density at radius 2 is 2.25 bits per heavy atom. The van der Waals surface area contributed by atoms with Crippen LogP contribution in [0.4, 0.5) is 0 Å². The van der Waals surface area contributed by atoms with Crippen molar-refractivity contribution in [2.24, 2.45) is 16.8 Å². The average molecular weight is 296 g/mol. The average Bonchev–Trinajstić information content (AvgIpc) is 2.49. The summed E-state index contributed by atoms with van der Waals surface area (Å²) in [6.07, 6.45) is 1.98. The highest BCUT2D eigenvalue weighted by Crippen LogP contribution is 2.20. The second-order valence-electron chi connectivity index (χ2n) is 4.97. The highest BCUT2D eigenvalue weighted by atomic mass is 35.5. The molecule has 3 N–H and O–H groups in total. The molecule has 1 aliphatic heterocycles. The number of oxime groups is 1. The fourth-order valence-corrected chi connectivity index (χ4v) is 2.65. The number of halogens is 1. The lowest BCUT2D eigenvalue weighted by molar-refractivity contribution is -0.131. The largest absolute Gasteiger partial charge is 0.409 e. The number of likely N-dealkylation sites (tertiary alicyclic amines) is 1. The molecule has 6 heteroatoms. The van der Waals surface area contributed by atoms with Gasteiger partial charge in [0, 0.05) is 24.0 Å². The van der Waals surface area contributed by atoms with E-state index in [-0.39, 0.29) is 24.1 Å². The number of rotatable bonds is 3. The van der Waals surface area contributed by atoms with Crippen molar-refractivity contribution in [2.45, 2.75) is 19.3 Å². The summed E-state index contributed by atoms with van der Waals surface area (Å²) in [7, 11) is 0. The van der Waals surface area contributed by atoms with Gasteiger partial charge in [0.05, 0.1) is 6.42 Å². The van der Waals surface area contributed by atoms with E-state index in [0.29, 0.717) is 18.1 Å². The highest BCUT2D eigenvalue weighted by molar-refractivity contribution is 6.31. The van der Waals surface area contributed by atoms with Gasteiger partial charge in [-0.3, -0.25) is 4.79 Å². The van der Waals surface area contributed by atoms with E-state index in [4.69, 9.17) is 22.5 Å². The molecule has 0 bridgehead atoms. The maximum Gasteiger partial charge on any atom is 0.227 e. The smallest absolute Gasteiger partial charge is 0.227 e. The molecule has 5 nitrogen and oxygen atoms in total. The Labute approximate surface area is 123 Å². The number of nitrogens with two attached hydrogens (primary N) is 1. The van der Waals surface area contributed by atoms with Crippen LogP contribution in [0.1, 0.15) is 18.4 Å². The lowest BCUT2D eigenvalue weighted by Crippen LogP contribution is -2.44. The number of amidine groups is 1. The molecule has 1 amide bonds. The van der Waals surface area contributed by atoms with E-state index >= 15 is 0 Å². The minimum Gasteiger partial charge on any atom is -0.409 e. The molecule has 1 aromatic rings. The molecular formula is C14H18ClN3O2. The first-order valence-corrected chi connectivity index (χ1v) is 6.98. The van der Waals surface area contributed by atoms with E-state index in [1.807, 2.05) is 18.2 Å². The Hall–Kier alpha value is -1.75. The van der Waals surface area contributed by atoms with Crippen molar-refractivity contribution in [2.75, 3.05) is 13.1 Å². The molecule has 0 aromatic heterocycles. The molecule has 20 heavy (non-hydrogen) atoms. The first-order valence-electron chi connectivity index (χ1n) is 6.60. The van der Waals surface area contributed by atoms with Crippen molar-refractivity contribution >= 4 is 23.3 Å². The number of amides is 1. The summed E-state index contributed by atoms with van der Waals surface area (Å²) < 4.78 is 0. The van der Waals surface area contributed by atoms with Crippen LogP contribution < -0.4 is 5.73 Å². The summed E-state index contributed by atoms with van der Waals surface area (Å²) in [5.41, 5.74) is 6.45. The van der Waals surface area contributed by atoms with Crippen molar-refractivity contribution in [1.29, 1.82) is 0 Å². The summed E-state index contributed by atoms with van der Waals surface area (Å²) in [5, 5.41) is 12.4. The standard InChI is InChI=1S/C14H18ClN3O2/c15-12-6-2-1-4-10(12)8-13(19)18-7-3-5-11(9-18)14(16)17-20/h1-2,4,6,11,20H,3,5,7-9H2,(H2,16,17). The fraction of sp³-hybridized carbons (Fsp3) is 0.429. The van der Waals surface area contributed by atoms with Crippen LogP contribution in [-0.4, -0.2) is 34.9 Å². The quantitative estimate of drug-likeness (QED) is 0.387. The van der Waals surface area contributed by atoms with Crippen molar-refractivity contribution in [3.05, 3.63) is 34.9 Å². The zero-order chi connectivity index (χ0) is 14.5. The van der Waals surface area contributed by atoms with E-state index in [1.165, 1.54) is 0 Å². The number of piperidine rings is 1. The lowest BCUT2D eigenvalue weighted by Gasteiger charge is -2.32. The zero-order valence-electron chi connectivity index (χ0n) is 11.1. The Morgan fingerprint density at radius 1 is 1.50 bits per heavy atom. The maximum absolute atomic E-state index is 12.3. The predicted molar refractivity (Wildman–Crippen MR) is 77.9 cm³/mol. The molecule has 1 unspecified atom stereocenters. The summed E-state index contributed by atoms with van der Waals surface area (Å²) in [6.45, 7) is 1.21. The van der Waals surface area contributed by atoms with Crippen LogP contribution in [0.2, 0.25) is 5.02 Å². The Balaban J connectivity index is 2.01. The summed E-state index contributed by atoms with van der Waals surface area (Å²) in [5.74, 6) is 0.151. The predicted octanol–water partition coefficient (Wildman–Crippen LogP) is 1.87. The van der Waals surface area contributed by atoms with Crippen LogP contribution in [0, 0.1) is 5.92 Å². The van der Waals surface area contributed by atoms with E-state index in [1.54, 1.807) is 11.0 Å². The number of hydrogen-bond acceptors (Lipinski definition) is 3. The lowest BCUT2D eigenvalue weighted by atomic mass is 9.96. The first kappa shape index (κ1) is 14.7. The highest BCUT2D eigenvalue weighted by Gasteiger charge is 2.26. The van der Waals surface area contributed by atoms with Crippen LogP contribution in [-0.2, 0) is 11.2 Å². The van der Waals surface area contributed by atoms with Gasteiger partial charge in [0.2, 0.25) is 5.91 Å². The van der Waals surface area contributed by atoms with Crippen LogP contribution in [0.15, 0.2) is 29.4 Å².